The van der Waals surface area contributed by atoms with E-state index in [2.05, 4.69) is 15.9 Å². The Morgan fingerprint density at radius 1 is 1.73 bits per heavy atom. The summed E-state index contributed by atoms with van der Waals surface area (Å²) in [5, 5.41) is 28.3. The molecule has 0 saturated carbocycles. The molecule has 0 fully saturated rings. The van der Waals surface area contributed by atoms with Gasteiger partial charge in [-0.2, -0.15) is 0 Å². The fourth-order valence-corrected chi connectivity index (χ4v) is 1.36. The highest BCUT2D eigenvalue weighted by atomic mass is 79.9. The summed E-state index contributed by atoms with van der Waals surface area (Å²) >= 11 is 2.70. The van der Waals surface area contributed by atoms with Gasteiger partial charge in [0.2, 0.25) is 0 Å². The molecule has 3 atom stereocenters. The first-order valence-corrected chi connectivity index (χ1v) is 3.79. The second-order valence-electron chi connectivity index (χ2n) is 2.49. The van der Waals surface area contributed by atoms with Crippen LogP contribution in [0.3, 0.4) is 0 Å². The first-order valence-electron chi connectivity index (χ1n) is 2.99. The number of nitrogens with zero attached hydrogens (tertiary/aromatic N) is 1. The van der Waals surface area contributed by atoms with Crippen molar-refractivity contribution in [3.05, 3.63) is 10.1 Å². The van der Waals surface area contributed by atoms with Gasteiger partial charge in [-0.05, 0) is 29.8 Å². The second-order valence-corrected chi connectivity index (χ2v) is 4.10. The number of halogens is 1. The largest absolute Gasteiger partial charge is 0.386 e. The Morgan fingerprint density at radius 3 is 2.09 bits per heavy atom. The van der Waals surface area contributed by atoms with Crippen molar-refractivity contribution in [2.45, 2.75) is 30.5 Å². The molecule has 0 saturated heterocycles. The van der Waals surface area contributed by atoms with Gasteiger partial charge in [-0.25, -0.2) is 0 Å². The molecule has 0 spiro atoms. The SMILES string of the molecule is C[C@H](O)[C@@H]([N+](=O)[O-])[C@@](C)(O)Br. The molecule has 0 amide bonds. The number of aliphatic hydroxyl groups is 2. The Bertz CT molecular complexity index is 153. The van der Waals surface area contributed by atoms with Crippen LogP contribution in [0, 0.1) is 10.1 Å². The maximum absolute atomic E-state index is 10.2. The van der Waals surface area contributed by atoms with Gasteiger partial charge in [0.1, 0.15) is 6.10 Å². The van der Waals surface area contributed by atoms with E-state index in [0.29, 0.717) is 0 Å². The van der Waals surface area contributed by atoms with E-state index in [1.165, 1.54) is 13.8 Å². The molecule has 11 heavy (non-hydrogen) atoms. The van der Waals surface area contributed by atoms with Gasteiger partial charge >= 0.3 is 0 Å². The minimum atomic E-state index is -1.68. The van der Waals surface area contributed by atoms with Gasteiger partial charge in [0.25, 0.3) is 6.04 Å². The number of alkyl halides is 1. The maximum Gasteiger partial charge on any atom is 0.275 e. The monoisotopic (exact) mass is 227 g/mol. The lowest BCUT2D eigenvalue weighted by molar-refractivity contribution is -0.547. The van der Waals surface area contributed by atoms with E-state index in [9.17, 15) is 10.1 Å². The number of aliphatic hydroxyl groups excluding tert-OH is 1. The normalized spacial score (nSPS) is 21.9. The zero-order valence-corrected chi connectivity index (χ0v) is 7.78. The van der Waals surface area contributed by atoms with E-state index in [1.807, 2.05) is 0 Å². The van der Waals surface area contributed by atoms with Crippen LogP contribution in [0.25, 0.3) is 0 Å². The smallest absolute Gasteiger partial charge is 0.275 e. The molecular weight excluding hydrogens is 218 g/mol. The zero-order valence-electron chi connectivity index (χ0n) is 6.19. The van der Waals surface area contributed by atoms with E-state index < -0.39 is 21.6 Å². The van der Waals surface area contributed by atoms with Crippen molar-refractivity contribution in [1.29, 1.82) is 0 Å². The third-order valence-corrected chi connectivity index (χ3v) is 1.69. The average Bonchev–Trinajstić information content (AvgIpc) is 1.54. The molecule has 0 aliphatic heterocycles. The van der Waals surface area contributed by atoms with Gasteiger partial charge in [-0.3, -0.25) is 10.1 Å². The maximum atomic E-state index is 10.2. The molecule has 0 aromatic rings. The van der Waals surface area contributed by atoms with Crippen LogP contribution >= 0.6 is 15.9 Å². The van der Waals surface area contributed by atoms with Gasteiger partial charge in [-0.15, -0.1) is 0 Å². The Kier molecular flexibility index (Phi) is 3.40. The molecule has 0 rings (SSSR count). The van der Waals surface area contributed by atoms with Crippen LogP contribution in [-0.4, -0.2) is 31.8 Å². The number of hydrogen-bond donors (Lipinski definition) is 2. The predicted molar refractivity (Wildman–Crippen MR) is 42.0 cm³/mol. The number of hydrogen-bond acceptors (Lipinski definition) is 4. The molecule has 0 aliphatic rings. The molecule has 0 aromatic heterocycles. The highest BCUT2D eigenvalue weighted by Gasteiger charge is 2.42. The van der Waals surface area contributed by atoms with Crippen LogP contribution in [0.1, 0.15) is 13.8 Å². The molecule has 66 valence electrons. The predicted octanol–water partition coefficient (Wildman–Crippen LogP) is 0.116. The highest BCUT2D eigenvalue weighted by molar-refractivity contribution is 9.10. The summed E-state index contributed by atoms with van der Waals surface area (Å²) in [6.45, 7) is 2.47. The topological polar surface area (TPSA) is 83.6 Å². The van der Waals surface area contributed by atoms with Gasteiger partial charge in [0.05, 0.1) is 0 Å². The molecule has 0 heterocycles. The van der Waals surface area contributed by atoms with Crippen molar-refractivity contribution < 1.29 is 15.1 Å². The second kappa shape index (κ2) is 3.46. The molecule has 6 heteroatoms. The molecule has 0 bridgehead atoms. The van der Waals surface area contributed by atoms with E-state index in [4.69, 9.17) is 10.2 Å². The summed E-state index contributed by atoms with van der Waals surface area (Å²) in [5.41, 5.74) is 0. The Hall–Kier alpha value is -0.200. The van der Waals surface area contributed by atoms with Crippen LogP contribution < -0.4 is 0 Å². The Labute approximate surface area is 72.3 Å². The zero-order chi connectivity index (χ0) is 9.23. The van der Waals surface area contributed by atoms with E-state index in [1.54, 1.807) is 0 Å². The number of rotatable bonds is 3. The van der Waals surface area contributed by atoms with Crippen LogP contribution in [0.2, 0.25) is 0 Å². The van der Waals surface area contributed by atoms with E-state index >= 15 is 0 Å². The fraction of sp³-hybridized carbons (Fsp3) is 1.00. The van der Waals surface area contributed by atoms with Crippen molar-refractivity contribution in [1.82, 2.24) is 0 Å². The lowest BCUT2D eigenvalue weighted by Crippen LogP contribution is -2.46. The van der Waals surface area contributed by atoms with Crippen LogP contribution in [0.4, 0.5) is 0 Å². The Morgan fingerprint density at radius 2 is 2.09 bits per heavy atom. The minimum absolute atomic E-state index is 0.723. The highest BCUT2D eigenvalue weighted by Crippen LogP contribution is 2.22. The quantitative estimate of drug-likeness (QED) is 0.408. The first-order chi connectivity index (χ1) is 4.76. The van der Waals surface area contributed by atoms with Crippen molar-refractivity contribution in [2.75, 3.05) is 0 Å². The summed E-state index contributed by atoms with van der Waals surface area (Å²) in [6.07, 6.45) is -1.20. The summed E-state index contributed by atoms with van der Waals surface area (Å²) in [4.78, 5) is 9.52. The van der Waals surface area contributed by atoms with E-state index in [0.717, 1.165) is 0 Å². The fourth-order valence-electron chi connectivity index (χ4n) is 0.809. The van der Waals surface area contributed by atoms with Gasteiger partial charge < -0.3 is 10.2 Å². The summed E-state index contributed by atoms with van der Waals surface area (Å²) in [6, 6.07) is -1.41. The molecule has 0 aliphatic carbocycles. The van der Waals surface area contributed by atoms with Crippen molar-refractivity contribution >= 4 is 15.9 Å². The third-order valence-electron chi connectivity index (χ3n) is 1.22. The van der Waals surface area contributed by atoms with Crippen LogP contribution in [-0.2, 0) is 0 Å². The van der Waals surface area contributed by atoms with E-state index in [-0.39, 0.29) is 0 Å². The average molecular weight is 228 g/mol. The Balaban J connectivity index is 4.49. The molecular formula is C5H10BrNO4. The molecule has 2 N–H and O–H groups in total. The molecule has 0 aromatic carbocycles. The molecule has 0 radical (unpaired) electrons. The lowest BCUT2D eigenvalue weighted by atomic mass is 10.1. The van der Waals surface area contributed by atoms with Crippen molar-refractivity contribution in [3.63, 3.8) is 0 Å². The van der Waals surface area contributed by atoms with Crippen LogP contribution in [0.15, 0.2) is 0 Å². The van der Waals surface area contributed by atoms with Gasteiger partial charge in [0, 0.05) is 4.92 Å². The number of nitro groups is 1. The summed E-state index contributed by atoms with van der Waals surface area (Å²) in [5.74, 6) is 0. The molecule has 0 unspecified atom stereocenters. The first kappa shape index (κ1) is 10.8. The minimum Gasteiger partial charge on any atom is -0.386 e. The summed E-state index contributed by atoms with van der Waals surface area (Å²) in [7, 11) is 0. The van der Waals surface area contributed by atoms with Gasteiger partial charge in [0.15, 0.2) is 4.51 Å². The van der Waals surface area contributed by atoms with Crippen LogP contribution in [0.5, 0.6) is 0 Å². The summed E-state index contributed by atoms with van der Waals surface area (Å²) < 4.78 is -1.68. The standard InChI is InChI=1S/C5H10BrNO4/c1-3(8)4(7(10)11)5(2,6)9/h3-4,8-9H,1-2H3/t3-,4+,5+/m0/s1. The third kappa shape index (κ3) is 3.13. The van der Waals surface area contributed by atoms with Crippen molar-refractivity contribution in [3.8, 4) is 0 Å². The van der Waals surface area contributed by atoms with Crippen molar-refractivity contribution in [2.24, 2.45) is 0 Å². The molecule has 5 nitrogen and oxygen atoms in total. The lowest BCUT2D eigenvalue weighted by Gasteiger charge is -2.21. The van der Waals surface area contributed by atoms with Gasteiger partial charge in [-0.1, -0.05) is 0 Å².